The van der Waals surface area contributed by atoms with Crippen LogP contribution >= 0.6 is 11.6 Å². The topological polar surface area (TPSA) is 73.1 Å². The fourth-order valence-corrected chi connectivity index (χ4v) is 2.18. The van der Waals surface area contributed by atoms with Crippen molar-refractivity contribution in [2.75, 3.05) is 13.2 Å². The van der Waals surface area contributed by atoms with E-state index in [0.29, 0.717) is 11.2 Å². The number of fused-ring (bicyclic) bond motifs is 1. The standard InChI is InChI=1S/C10H10ClFN4O2/c11-8-7-9(14-4-13-8)16(5-15-7)6-1-10(12,2-17)3-18-6/h4-6,17H,1-3H2. The second kappa shape index (κ2) is 4.11. The summed E-state index contributed by atoms with van der Waals surface area (Å²) in [7, 11) is 0. The number of hydrogen-bond donors (Lipinski definition) is 1. The Balaban J connectivity index is 1.99. The third-order valence-corrected chi connectivity index (χ3v) is 3.26. The Morgan fingerprint density at radius 2 is 2.39 bits per heavy atom. The molecule has 1 aliphatic heterocycles. The van der Waals surface area contributed by atoms with Crippen molar-refractivity contribution in [3.63, 3.8) is 0 Å². The van der Waals surface area contributed by atoms with Crippen molar-refractivity contribution in [3.8, 4) is 0 Å². The lowest BCUT2D eigenvalue weighted by atomic mass is 10.1. The molecule has 1 aliphatic rings. The normalized spacial score (nSPS) is 28.1. The molecule has 0 aliphatic carbocycles. The van der Waals surface area contributed by atoms with E-state index in [1.807, 2.05) is 0 Å². The minimum atomic E-state index is -1.71. The molecular formula is C10H10ClFN4O2. The minimum Gasteiger partial charge on any atom is -0.393 e. The van der Waals surface area contributed by atoms with Crippen LogP contribution in [-0.2, 0) is 4.74 Å². The number of rotatable bonds is 2. The molecule has 2 aromatic rings. The summed E-state index contributed by atoms with van der Waals surface area (Å²) in [6.45, 7) is -0.710. The summed E-state index contributed by atoms with van der Waals surface area (Å²) in [6, 6.07) is 0. The first kappa shape index (κ1) is 11.8. The lowest BCUT2D eigenvalue weighted by Gasteiger charge is -2.14. The summed E-state index contributed by atoms with van der Waals surface area (Å²) < 4.78 is 20.8. The Labute approximate surface area is 106 Å². The number of ether oxygens (including phenoxy) is 1. The Bertz CT molecular complexity index is 592. The zero-order valence-corrected chi connectivity index (χ0v) is 10.0. The van der Waals surface area contributed by atoms with Crippen molar-refractivity contribution < 1.29 is 14.2 Å². The largest absolute Gasteiger partial charge is 0.393 e. The highest BCUT2D eigenvalue weighted by Crippen LogP contribution is 2.35. The molecule has 18 heavy (non-hydrogen) atoms. The summed E-state index contributed by atoms with van der Waals surface area (Å²) in [6.07, 6.45) is 2.31. The molecular weight excluding hydrogens is 263 g/mol. The molecule has 0 saturated carbocycles. The van der Waals surface area contributed by atoms with Gasteiger partial charge in [-0.2, -0.15) is 0 Å². The molecule has 0 spiro atoms. The van der Waals surface area contributed by atoms with Crippen LogP contribution in [0, 0.1) is 0 Å². The third kappa shape index (κ3) is 1.75. The number of aromatic nitrogens is 4. The van der Waals surface area contributed by atoms with Crippen LogP contribution in [0.25, 0.3) is 11.2 Å². The highest BCUT2D eigenvalue weighted by molar-refractivity contribution is 6.33. The Morgan fingerprint density at radius 1 is 1.56 bits per heavy atom. The van der Waals surface area contributed by atoms with Gasteiger partial charge in [-0.05, 0) is 0 Å². The molecule has 0 radical (unpaired) electrons. The minimum absolute atomic E-state index is 0.0522. The molecule has 3 heterocycles. The summed E-state index contributed by atoms with van der Waals surface area (Å²) in [5.74, 6) is 0. The van der Waals surface area contributed by atoms with Crippen LogP contribution < -0.4 is 0 Å². The average molecular weight is 273 g/mol. The first-order valence-electron chi connectivity index (χ1n) is 5.37. The number of aliphatic hydroxyl groups is 1. The molecule has 0 bridgehead atoms. The van der Waals surface area contributed by atoms with Gasteiger partial charge in [-0.1, -0.05) is 11.6 Å². The molecule has 0 aromatic carbocycles. The van der Waals surface area contributed by atoms with Gasteiger partial charge in [0.2, 0.25) is 0 Å². The first-order valence-corrected chi connectivity index (χ1v) is 5.75. The van der Waals surface area contributed by atoms with Gasteiger partial charge in [-0.25, -0.2) is 19.3 Å². The second-order valence-corrected chi connectivity index (χ2v) is 4.63. The van der Waals surface area contributed by atoms with Crippen LogP contribution in [0.3, 0.4) is 0 Å². The molecule has 96 valence electrons. The highest BCUT2D eigenvalue weighted by atomic mass is 35.5. The van der Waals surface area contributed by atoms with E-state index in [4.69, 9.17) is 21.4 Å². The lowest BCUT2D eigenvalue weighted by Crippen LogP contribution is -2.27. The fourth-order valence-electron chi connectivity index (χ4n) is 2.00. The van der Waals surface area contributed by atoms with E-state index < -0.39 is 18.5 Å². The number of imidazole rings is 1. The SMILES string of the molecule is OCC1(F)COC(n2cnc3c(Cl)ncnc32)C1. The van der Waals surface area contributed by atoms with Crippen LogP contribution in [0.5, 0.6) is 0 Å². The molecule has 2 atom stereocenters. The van der Waals surface area contributed by atoms with Crippen LogP contribution in [0.15, 0.2) is 12.7 Å². The maximum Gasteiger partial charge on any atom is 0.166 e. The van der Waals surface area contributed by atoms with E-state index in [2.05, 4.69) is 15.0 Å². The Hall–Kier alpha value is -1.31. The third-order valence-electron chi connectivity index (χ3n) is 2.98. The van der Waals surface area contributed by atoms with Crippen molar-refractivity contribution >= 4 is 22.8 Å². The number of alkyl halides is 1. The molecule has 2 aromatic heterocycles. The number of nitrogens with zero attached hydrogens (tertiary/aromatic N) is 4. The van der Waals surface area contributed by atoms with Gasteiger partial charge in [-0.15, -0.1) is 0 Å². The van der Waals surface area contributed by atoms with E-state index in [-0.39, 0.29) is 18.2 Å². The van der Waals surface area contributed by atoms with Gasteiger partial charge < -0.3 is 9.84 Å². The van der Waals surface area contributed by atoms with Crippen molar-refractivity contribution in [2.24, 2.45) is 0 Å². The molecule has 1 fully saturated rings. The van der Waals surface area contributed by atoms with E-state index in [1.165, 1.54) is 12.7 Å². The molecule has 3 rings (SSSR count). The second-order valence-electron chi connectivity index (χ2n) is 4.27. The van der Waals surface area contributed by atoms with Crippen LogP contribution in [-0.4, -0.2) is 43.5 Å². The zero-order chi connectivity index (χ0) is 12.8. The number of aliphatic hydroxyl groups excluding tert-OH is 1. The average Bonchev–Trinajstić information content (AvgIpc) is 2.94. The molecule has 2 unspecified atom stereocenters. The Morgan fingerprint density at radius 3 is 3.11 bits per heavy atom. The predicted octanol–water partition coefficient (Wildman–Crippen LogP) is 1.10. The van der Waals surface area contributed by atoms with E-state index in [1.54, 1.807) is 4.57 Å². The number of halogens is 2. The monoisotopic (exact) mass is 272 g/mol. The van der Waals surface area contributed by atoms with Crippen LogP contribution in [0.1, 0.15) is 12.6 Å². The molecule has 1 N–H and O–H groups in total. The van der Waals surface area contributed by atoms with Crippen LogP contribution in [0.4, 0.5) is 4.39 Å². The highest BCUT2D eigenvalue weighted by Gasteiger charge is 2.41. The zero-order valence-electron chi connectivity index (χ0n) is 9.25. The van der Waals surface area contributed by atoms with Gasteiger partial charge in [0.05, 0.1) is 19.5 Å². The number of hydrogen-bond acceptors (Lipinski definition) is 5. The van der Waals surface area contributed by atoms with Gasteiger partial charge in [0.15, 0.2) is 16.5 Å². The maximum absolute atomic E-state index is 13.9. The van der Waals surface area contributed by atoms with E-state index in [9.17, 15) is 4.39 Å². The summed E-state index contributed by atoms with van der Waals surface area (Å²) in [4.78, 5) is 12.0. The molecule has 0 amide bonds. The summed E-state index contributed by atoms with van der Waals surface area (Å²) in [5, 5.41) is 9.21. The van der Waals surface area contributed by atoms with Gasteiger partial charge in [0, 0.05) is 6.42 Å². The van der Waals surface area contributed by atoms with Crippen LogP contribution in [0.2, 0.25) is 5.15 Å². The van der Waals surface area contributed by atoms with E-state index >= 15 is 0 Å². The van der Waals surface area contributed by atoms with Crippen molar-refractivity contribution in [3.05, 3.63) is 17.8 Å². The quantitative estimate of drug-likeness (QED) is 0.829. The van der Waals surface area contributed by atoms with Gasteiger partial charge in [0.25, 0.3) is 0 Å². The van der Waals surface area contributed by atoms with Crippen molar-refractivity contribution in [1.29, 1.82) is 0 Å². The van der Waals surface area contributed by atoms with E-state index in [0.717, 1.165) is 0 Å². The van der Waals surface area contributed by atoms with Crippen molar-refractivity contribution in [2.45, 2.75) is 18.3 Å². The molecule has 1 saturated heterocycles. The van der Waals surface area contributed by atoms with Crippen molar-refractivity contribution in [1.82, 2.24) is 19.5 Å². The lowest BCUT2D eigenvalue weighted by molar-refractivity contribution is 0.0302. The smallest absolute Gasteiger partial charge is 0.166 e. The van der Waals surface area contributed by atoms with Gasteiger partial charge >= 0.3 is 0 Å². The molecule has 8 heteroatoms. The van der Waals surface area contributed by atoms with Gasteiger partial charge in [-0.3, -0.25) is 4.57 Å². The predicted molar refractivity (Wildman–Crippen MR) is 60.9 cm³/mol. The summed E-state index contributed by atoms with van der Waals surface area (Å²) in [5.41, 5.74) is -0.775. The Kier molecular flexibility index (Phi) is 2.69. The molecule has 6 nitrogen and oxygen atoms in total. The maximum atomic E-state index is 13.9. The van der Waals surface area contributed by atoms with Gasteiger partial charge in [0.1, 0.15) is 18.1 Å². The fraction of sp³-hybridized carbons (Fsp3) is 0.500. The summed E-state index contributed by atoms with van der Waals surface area (Å²) >= 11 is 5.88. The first-order chi connectivity index (χ1) is 8.63.